The Morgan fingerprint density at radius 3 is 2.50 bits per heavy atom. The first-order valence-electron chi connectivity index (χ1n) is 5.98. The Kier molecular flexibility index (Phi) is 4.19. The zero-order valence-corrected chi connectivity index (χ0v) is 12.4. The van der Waals surface area contributed by atoms with Crippen LogP contribution in [0.4, 0.5) is 14.9 Å². The molecule has 0 unspecified atom stereocenters. The molecule has 1 aromatic carbocycles. The molecule has 1 heterocycles. The third kappa shape index (κ3) is 3.21. The average molecular weight is 321 g/mol. The van der Waals surface area contributed by atoms with Crippen LogP contribution in [0.25, 0.3) is 0 Å². The molecule has 20 heavy (non-hydrogen) atoms. The fourth-order valence-corrected chi connectivity index (χ4v) is 3.30. The Balaban J connectivity index is 2.11. The molecule has 8 heteroatoms. The van der Waals surface area contributed by atoms with E-state index in [-0.39, 0.29) is 35.6 Å². The zero-order valence-electron chi connectivity index (χ0n) is 10.8. The molecule has 0 spiro atoms. The SMILES string of the molecule is CN(C(=O)N1CCS(=O)(=O)CC1)c1ccc(F)c(Cl)c1. The summed E-state index contributed by atoms with van der Waals surface area (Å²) in [4.78, 5) is 15.0. The number of urea groups is 1. The number of benzene rings is 1. The highest BCUT2D eigenvalue weighted by Gasteiger charge is 2.27. The van der Waals surface area contributed by atoms with Crippen LogP contribution in [0, 0.1) is 5.82 Å². The van der Waals surface area contributed by atoms with E-state index in [1.807, 2.05) is 0 Å². The molecule has 0 aliphatic carbocycles. The predicted molar refractivity (Wildman–Crippen MR) is 75.4 cm³/mol. The molecule has 1 saturated heterocycles. The highest BCUT2D eigenvalue weighted by atomic mass is 35.5. The number of hydrogen-bond acceptors (Lipinski definition) is 3. The van der Waals surface area contributed by atoms with Crippen molar-refractivity contribution in [2.45, 2.75) is 0 Å². The average Bonchev–Trinajstić information content (AvgIpc) is 2.40. The lowest BCUT2D eigenvalue weighted by atomic mass is 10.3. The van der Waals surface area contributed by atoms with Gasteiger partial charge in [0, 0.05) is 25.8 Å². The third-order valence-corrected chi connectivity index (χ3v) is 5.09. The molecule has 2 amide bonds. The maximum absolute atomic E-state index is 13.1. The van der Waals surface area contributed by atoms with Gasteiger partial charge in [-0.15, -0.1) is 0 Å². The number of halogens is 2. The smallest absolute Gasteiger partial charge is 0.322 e. The highest BCUT2D eigenvalue weighted by molar-refractivity contribution is 7.91. The summed E-state index contributed by atoms with van der Waals surface area (Å²) < 4.78 is 35.8. The Morgan fingerprint density at radius 2 is 1.95 bits per heavy atom. The van der Waals surface area contributed by atoms with Crippen LogP contribution >= 0.6 is 11.6 Å². The largest absolute Gasteiger partial charge is 0.324 e. The summed E-state index contributed by atoms with van der Waals surface area (Å²) in [6, 6.07) is 3.65. The summed E-state index contributed by atoms with van der Waals surface area (Å²) in [6.07, 6.45) is 0. The van der Waals surface area contributed by atoms with Crippen molar-refractivity contribution < 1.29 is 17.6 Å². The van der Waals surface area contributed by atoms with Crippen LogP contribution in [0.5, 0.6) is 0 Å². The van der Waals surface area contributed by atoms with Gasteiger partial charge in [-0.2, -0.15) is 0 Å². The molecule has 1 aliphatic heterocycles. The lowest BCUT2D eigenvalue weighted by Gasteiger charge is -2.31. The Bertz CT molecular complexity index is 622. The molecule has 1 fully saturated rings. The fourth-order valence-electron chi connectivity index (χ4n) is 1.92. The van der Waals surface area contributed by atoms with E-state index in [2.05, 4.69) is 0 Å². The first-order chi connectivity index (χ1) is 9.30. The molecule has 0 bridgehead atoms. The standard InChI is InChI=1S/C12H14ClFN2O3S/c1-15(9-2-3-11(14)10(13)8-9)12(17)16-4-6-20(18,19)7-5-16/h2-3,8H,4-7H2,1H3. The van der Waals surface area contributed by atoms with Crippen molar-refractivity contribution in [2.24, 2.45) is 0 Å². The predicted octanol–water partition coefficient (Wildman–Crippen LogP) is 1.77. The summed E-state index contributed by atoms with van der Waals surface area (Å²) >= 11 is 5.68. The van der Waals surface area contributed by atoms with Gasteiger partial charge >= 0.3 is 6.03 Å². The van der Waals surface area contributed by atoms with E-state index < -0.39 is 15.7 Å². The third-order valence-electron chi connectivity index (χ3n) is 3.19. The highest BCUT2D eigenvalue weighted by Crippen LogP contribution is 2.23. The van der Waals surface area contributed by atoms with Gasteiger partial charge < -0.3 is 4.90 Å². The van der Waals surface area contributed by atoms with Crippen molar-refractivity contribution in [3.63, 3.8) is 0 Å². The molecule has 0 radical (unpaired) electrons. The van der Waals surface area contributed by atoms with Crippen molar-refractivity contribution >= 4 is 33.2 Å². The quantitative estimate of drug-likeness (QED) is 0.792. The molecule has 2 rings (SSSR count). The Hall–Kier alpha value is -1.34. The molecule has 0 N–H and O–H groups in total. The second-order valence-corrected chi connectivity index (χ2v) is 7.29. The number of rotatable bonds is 1. The van der Waals surface area contributed by atoms with Gasteiger partial charge in [0.15, 0.2) is 9.84 Å². The van der Waals surface area contributed by atoms with Crippen molar-refractivity contribution in [2.75, 3.05) is 36.5 Å². The van der Waals surface area contributed by atoms with Gasteiger partial charge in [0.2, 0.25) is 0 Å². The lowest BCUT2D eigenvalue weighted by molar-refractivity contribution is 0.210. The van der Waals surface area contributed by atoms with Crippen LogP contribution in [0.15, 0.2) is 18.2 Å². The molecule has 5 nitrogen and oxygen atoms in total. The Morgan fingerprint density at radius 1 is 1.35 bits per heavy atom. The molecule has 0 atom stereocenters. The van der Waals surface area contributed by atoms with E-state index in [4.69, 9.17) is 11.6 Å². The maximum atomic E-state index is 13.1. The van der Waals surface area contributed by atoms with Gasteiger partial charge in [0.1, 0.15) is 5.82 Å². The fraction of sp³-hybridized carbons (Fsp3) is 0.417. The molecular formula is C12H14ClFN2O3S. The summed E-state index contributed by atoms with van der Waals surface area (Å²) in [6.45, 7) is 0.334. The van der Waals surface area contributed by atoms with E-state index in [9.17, 15) is 17.6 Å². The Labute approximate surface area is 121 Å². The van der Waals surface area contributed by atoms with E-state index in [0.29, 0.717) is 5.69 Å². The van der Waals surface area contributed by atoms with E-state index in [0.717, 1.165) is 0 Å². The van der Waals surface area contributed by atoms with Gasteiger partial charge in [-0.3, -0.25) is 4.90 Å². The van der Waals surface area contributed by atoms with Crippen molar-refractivity contribution in [1.82, 2.24) is 4.90 Å². The summed E-state index contributed by atoms with van der Waals surface area (Å²) in [5.74, 6) is -0.617. The van der Waals surface area contributed by atoms with E-state index >= 15 is 0 Å². The molecular weight excluding hydrogens is 307 g/mol. The van der Waals surface area contributed by atoms with E-state index in [1.54, 1.807) is 0 Å². The molecule has 110 valence electrons. The minimum absolute atomic E-state index is 0.0310. The first kappa shape index (κ1) is 15.1. The molecule has 0 aromatic heterocycles. The van der Waals surface area contributed by atoms with Crippen LogP contribution < -0.4 is 4.90 Å². The minimum atomic E-state index is -3.03. The normalized spacial score (nSPS) is 17.9. The second kappa shape index (κ2) is 5.57. The van der Waals surface area contributed by atoms with Crippen LogP contribution in [0.3, 0.4) is 0 Å². The van der Waals surface area contributed by atoms with Crippen LogP contribution in [-0.4, -0.2) is 51.0 Å². The van der Waals surface area contributed by atoms with Gasteiger partial charge in [-0.1, -0.05) is 11.6 Å². The lowest BCUT2D eigenvalue weighted by Crippen LogP contribution is -2.48. The van der Waals surface area contributed by atoms with Gasteiger partial charge in [0.05, 0.1) is 16.5 Å². The van der Waals surface area contributed by atoms with Crippen LogP contribution in [-0.2, 0) is 9.84 Å². The van der Waals surface area contributed by atoms with Crippen molar-refractivity contribution in [3.8, 4) is 0 Å². The first-order valence-corrected chi connectivity index (χ1v) is 8.18. The summed E-state index contributed by atoms with van der Waals surface area (Å²) in [5.41, 5.74) is 0.454. The number of carbonyl (C=O) groups excluding carboxylic acids is 1. The number of hydrogen-bond donors (Lipinski definition) is 0. The monoisotopic (exact) mass is 320 g/mol. The second-order valence-electron chi connectivity index (χ2n) is 4.58. The number of nitrogens with zero attached hydrogens (tertiary/aromatic N) is 2. The molecule has 0 saturated carbocycles. The maximum Gasteiger partial charge on any atom is 0.324 e. The summed E-state index contributed by atoms with van der Waals surface area (Å²) in [7, 11) is -1.50. The number of amides is 2. The van der Waals surface area contributed by atoms with Gasteiger partial charge in [-0.25, -0.2) is 17.6 Å². The van der Waals surface area contributed by atoms with Crippen LogP contribution in [0.2, 0.25) is 5.02 Å². The summed E-state index contributed by atoms with van der Waals surface area (Å²) in [5, 5.41) is -0.0663. The number of anilines is 1. The zero-order chi connectivity index (χ0) is 14.9. The number of carbonyl (C=O) groups is 1. The molecule has 1 aromatic rings. The van der Waals surface area contributed by atoms with Crippen molar-refractivity contribution in [1.29, 1.82) is 0 Å². The van der Waals surface area contributed by atoms with Gasteiger partial charge in [0.25, 0.3) is 0 Å². The van der Waals surface area contributed by atoms with Crippen LogP contribution in [0.1, 0.15) is 0 Å². The molecule has 1 aliphatic rings. The minimum Gasteiger partial charge on any atom is -0.322 e. The van der Waals surface area contributed by atoms with Crippen molar-refractivity contribution in [3.05, 3.63) is 29.0 Å². The topological polar surface area (TPSA) is 57.7 Å². The van der Waals surface area contributed by atoms with Gasteiger partial charge in [-0.05, 0) is 18.2 Å². The number of sulfone groups is 1. The van der Waals surface area contributed by atoms with E-state index in [1.165, 1.54) is 35.0 Å².